The van der Waals surface area contributed by atoms with E-state index in [1.807, 2.05) is 0 Å². The number of methoxy groups -OCH3 is 1. The SMILES string of the molecule is CCC(C)CNc1cc(C(=O)O)ccc1OC. The maximum Gasteiger partial charge on any atom is 0.335 e. The van der Waals surface area contributed by atoms with E-state index >= 15 is 0 Å². The molecule has 1 rings (SSSR count). The van der Waals surface area contributed by atoms with Crippen molar-refractivity contribution in [1.82, 2.24) is 0 Å². The second-order valence-electron chi connectivity index (χ2n) is 4.11. The zero-order valence-electron chi connectivity index (χ0n) is 10.5. The Morgan fingerprint density at radius 3 is 2.76 bits per heavy atom. The van der Waals surface area contributed by atoms with E-state index in [2.05, 4.69) is 19.2 Å². The van der Waals surface area contributed by atoms with Crippen LogP contribution in [0.3, 0.4) is 0 Å². The molecular weight excluding hydrogens is 218 g/mol. The number of anilines is 1. The van der Waals surface area contributed by atoms with Gasteiger partial charge in [0.05, 0.1) is 18.4 Å². The van der Waals surface area contributed by atoms with Gasteiger partial charge in [-0.25, -0.2) is 4.79 Å². The van der Waals surface area contributed by atoms with Crippen LogP contribution in [0.25, 0.3) is 0 Å². The lowest BCUT2D eigenvalue weighted by atomic mass is 10.1. The standard InChI is InChI=1S/C13H19NO3/c1-4-9(2)8-14-11-7-10(13(15)16)5-6-12(11)17-3/h5-7,9,14H,4,8H2,1-3H3,(H,15,16). The van der Waals surface area contributed by atoms with Crippen molar-refractivity contribution in [3.8, 4) is 5.75 Å². The Labute approximate surface area is 102 Å². The Kier molecular flexibility index (Phi) is 4.82. The molecule has 0 amide bonds. The molecule has 0 bridgehead atoms. The number of benzene rings is 1. The van der Waals surface area contributed by atoms with Gasteiger partial charge in [0.1, 0.15) is 5.75 Å². The molecule has 0 radical (unpaired) electrons. The molecule has 0 saturated heterocycles. The van der Waals surface area contributed by atoms with Crippen molar-refractivity contribution in [2.45, 2.75) is 20.3 Å². The molecule has 0 spiro atoms. The molecule has 0 aliphatic heterocycles. The number of nitrogens with one attached hydrogen (secondary N) is 1. The molecule has 0 fully saturated rings. The molecule has 1 unspecified atom stereocenters. The van der Waals surface area contributed by atoms with E-state index in [0.717, 1.165) is 18.7 Å². The average Bonchev–Trinajstić information content (AvgIpc) is 2.35. The molecule has 0 heterocycles. The summed E-state index contributed by atoms with van der Waals surface area (Å²) < 4.78 is 5.19. The van der Waals surface area contributed by atoms with E-state index in [4.69, 9.17) is 9.84 Å². The van der Waals surface area contributed by atoms with Crippen LogP contribution in [0.4, 0.5) is 5.69 Å². The summed E-state index contributed by atoms with van der Waals surface area (Å²) in [6, 6.07) is 4.81. The van der Waals surface area contributed by atoms with Crippen molar-refractivity contribution in [3.63, 3.8) is 0 Å². The largest absolute Gasteiger partial charge is 0.495 e. The zero-order chi connectivity index (χ0) is 12.8. The first-order valence-corrected chi connectivity index (χ1v) is 5.73. The van der Waals surface area contributed by atoms with Gasteiger partial charge in [-0.05, 0) is 24.1 Å². The maximum absolute atomic E-state index is 10.9. The molecule has 0 saturated carbocycles. The van der Waals surface area contributed by atoms with Crippen LogP contribution in [-0.4, -0.2) is 24.7 Å². The van der Waals surface area contributed by atoms with Gasteiger partial charge in [0.25, 0.3) is 0 Å². The van der Waals surface area contributed by atoms with E-state index in [9.17, 15) is 4.79 Å². The van der Waals surface area contributed by atoms with Crippen molar-refractivity contribution >= 4 is 11.7 Å². The smallest absolute Gasteiger partial charge is 0.335 e. The highest BCUT2D eigenvalue weighted by Gasteiger charge is 2.09. The molecule has 4 nitrogen and oxygen atoms in total. The fraction of sp³-hybridized carbons (Fsp3) is 0.462. The van der Waals surface area contributed by atoms with Gasteiger partial charge in [-0.3, -0.25) is 0 Å². The Balaban J connectivity index is 2.86. The van der Waals surface area contributed by atoms with Gasteiger partial charge >= 0.3 is 5.97 Å². The van der Waals surface area contributed by atoms with Crippen LogP contribution in [0, 0.1) is 5.92 Å². The van der Waals surface area contributed by atoms with Gasteiger partial charge in [-0.2, -0.15) is 0 Å². The maximum atomic E-state index is 10.9. The van der Waals surface area contributed by atoms with E-state index in [1.54, 1.807) is 19.2 Å². The first kappa shape index (κ1) is 13.4. The van der Waals surface area contributed by atoms with E-state index in [-0.39, 0.29) is 5.56 Å². The van der Waals surface area contributed by atoms with Crippen LogP contribution in [0.1, 0.15) is 30.6 Å². The first-order chi connectivity index (χ1) is 8.08. The highest BCUT2D eigenvalue weighted by atomic mass is 16.5. The number of aromatic carboxylic acids is 1. The number of carboxylic acids is 1. The molecule has 17 heavy (non-hydrogen) atoms. The third kappa shape index (κ3) is 3.66. The highest BCUT2D eigenvalue weighted by molar-refractivity contribution is 5.89. The van der Waals surface area contributed by atoms with Crippen molar-refractivity contribution in [2.75, 3.05) is 19.0 Å². The van der Waals surface area contributed by atoms with Gasteiger partial charge in [0, 0.05) is 6.54 Å². The predicted molar refractivity (Wildman–Crippen MR) is 67.9 cm³/mol. The molecular formula is C13H19NO3. The summed E-state index contributed by atoms with van der Waals surface area (Å²) in [6.45, 7) is 5.06. The van der Waals surface area contributed by atoms with Gasteiger partial charge in [-0.1, -0.05) is 20.3 Å². The number of carboxylic acid groups (broad SMARTS) is 1. The monoisotopic (exact) mass is 237 g/mol. The summed E-state index contributed by atoms with van der Waals surface area (Å²) >= 11 is 0. The average molecular weight is 237 g/mol. The number of hydrogen-bond donors (Lipinski definition) is 2. The van der Waals surface area contributed by atoms with Gasteiger partial charge in [-0.15, -0.1) is 0 Å². The Morgan fingerprint density at radius 2 is 2.24 bits per heavy atom. The molecule has 4 heteroatoms. The topological polar surface area (TPSA) is 58.6 Å². The number of ether oxygens (including phenoxy) is 1. The van der Waals surface area contributed by atoms with Crippen molar-refractivity contribution in [3.05, 3.63) is 23.8 Å². The molecule has 1 atom stereocenters. The minimum atomic E-state index is -0.931. The lowest BCUT2D eigenvalue weighted by Crippen LogP contribution is -2.11. The molecule has 0 aliphatic carbocycles. The van der Waals surface area contributed by atoms with Crippen LogP contribution in [0.2, 0.25) is 0 Å². The second-order valence-corrected chi connectivity index (χ2v) is 4.11. The van der Waals surface area contributed by atoms with Gasteiger partial charge < -0.3 is 15.2 Å². The number of rotatable bonds is 6. The lowest BCUT2D eigenvalue weighted by molar-refractivity contribution is 0.0697. The highest BCUT2D eigenvalue weighted by Crippen LogP contribution is 2.25. The van der Waals surface area contributed by atoms with Crippen LogP contribution in [0.15, 0.2) is 18.2 Å². The molecule has 0 aromatic heterocycles. The molecule has 1 aromatic carbocycles. The molecule has 2 N–H and O–H groups in total. The zero-order valence-corrected chi connectivity index (χ0v) is 10.5. The van der Waals surface area contributed by atoms with Crippen molar-refractivity contribution in [1.29, 1.82) is 0 Å². The van der Waals surface area contributed by atoms with Crippen LogP contribution in [-0.2, 0) is 0 Å². The van der Waals surface area contributed by atoms with Crippen molar-refractivity contribution in [2.24, 2.45) is 5.92 Å². The van der Waals surface area contributed by atoms with Crippen molar-refractivity contribution < 1.29 is 14.6 Å². The third-order valence-electron chi connectivity index (χ3n) is 2.78. The van der Waals surface area contributed by atoms with E-state index in [0.29, 0.717) is 11.7 Å². The summed E-state index contributed by atoms with van der Waals surface area (Å²) in [5.74, 6) is 0.269. The Hall–Kier alpha value is -1.71. The fourth-order valence-electron chi connectivity index (χ4n) is 1.41. The second kappa shape index (κ2) is 6.13. The molecule has 94 valence electrons. The molecule has 1 aromatic rings. The minimum Gasteiger partial charge on any atom is -0.495 e. The quantitative estimate of drug-likeness (QED) is 0.798. The Bertz CT molecular complexity index is 390. The molecule has 0 aliphatic rings. The van der Waals surface area contributed by atoms with Gasteiger partial charge in [0.15, 0.2) is 0 Å². The number of carbonyl (C=O) groups is 1. The predicted octanol–water partition coefficient (Wildman–Crippen LogP) is 2.85. The first-order valence-electron chi connectivity index (χ1n) is 5.73. The van der Waals surface area contributed by atoms with Crippen LogP contribution >= 0.6 is 0 Å². The number of hydrogen-bond acceptors (Lipinski definition) is 3. The summed E-state index contributed by atoms with van der Waals surface area (Å²) in [7, 11) is 1.57. The van der Waals surface area contributed by atoms with Crippen LogP contribution < -0.4 is 10.1 Å². The summed E-state index contributed by atoms with van der Waals surface area (Å²) in [4.78, 5) is 10.9. The van der Waals surface area contributed by atoms with E-state index < -0.39 is 5.97 Å². The normalized spacial score (nSPS) is 11.9. The lowest BCUT2D eigenvalue weighted by Gasteiger charge is -2.14. The Morgan fingerprint density at radius 1 is 1.53 bits per heavy atom. The van der Waals surface area contributed by atoms with E-state index in [1.165, 1.54) is 6.07 Å². The fourth-order valence-corrected chi connectivity index (χ4v) is 1.41. The van der Waals surface area contributed by atoms with Gasteiger partial charge in [0.2, 0.25) is 0 Å². The summed E-state index contributed by atoms with van der Waals surface area (Å²) in [5, 5.41) is 12.1. The third-order valence-corrected chi connectivity index (χ3v) is 2.78. The minimum absolute atomic E-state index is 0.262. The summed E-state index contributed by atoms with van der Waals surface area (Å²) in [6.07, 6.45) is 1.08. The summed E-state index contributed by atoms with van der Waals surface area (Å²) in [5.41, 5.74) is 0.991. The van der Waals surface area contributed by atoms with Crippen LogP contribution in [0.5, 0.6) is 5.75 Å².